The lowest BCUT2D eigenvalue weighted by Crippen LogP contribution is -2.11. The molecule has 2 rings (SSSR count). The van der Waals surface area contributed by atoms with E-state index in [4.69, 9.17) is 0 Å². The zero-order valence-electron chi connectivity index (χ0n) is 6.82. The predicted octanol–water partition coefficient (Wildman–Crippen LogP) is 1.61. The highest BCUT2D eigenvalue weighted by atomic mass is 16.1. The van der Waals surface area contributed by atoms with Gasteiger partial charge in [-0.05, 0) is 30.7 Å². The van der Waals surface area contributed by atoms with Gasteiger partial charge in [0.1, 0.15) is 0 Å². The van der Waals surface area contributed by atoms with E-state index in [-0.39, 0.29) is 5.56 Å². The van der Waals surface area contributed by atoms with Crippen molar-refractivity contribution in [2.45, 2.75) is 6.92 Å². The summed E-state index contributed by atoms with van der Waals surface area (Å²) in [4.78, 5) is 11.4. The van der Waals surface area contributed by atoms with Gasteiger partial charge in [0.2, 0.25) is 0 Å². The van der Waals surface area contributed by atoms with E-state index in [1.54, 1.807) is 16.7 Å². The molecule has 0 unspecified atom stereocenters. The minimum absolute atomic E-state index is 0.0330. The third-order valence-electron chi connectivity index (χ3n) is 1.86. The van der Waals surface area contributed by atoms with E-state index in [1.165, 1.54) is 0 Å². The highest BCUT2D eigenvalue weighted by Gasteiger charge is 1.94. The van der Waals surface area contributed by atoms with Gasteiger partial charge in [-0.3, -0.25) is 9.20 Å². The van der Waals surface area contributed by atoms with Crippen molar-refractivity contribution >= 4 is 5.52 Å². The molecule has 0 spiro atoms. The Morgan fingerprint density at radius 3 is 2.92 bits per heavy atom. The van der Waals surface area contributed by atoms with E-state index in [2.05, 4.69) is 0 Å². The number of aromatic nitrogens is 1. The quantitative estimate of drug-likeness (QED) is 0.572. The number of nitrogens with zero attached hydrogens (tertiary/aromatic N) is 1. The Labute approximate surface area is 70.1 Å². The molecule has 0 amide bonds. The topological polar surface area (TPSA) is 21.5 Å². The van der Waals surface area contributed by atoms with Crippen molar-refractivity contribution in [2.24, 2.45) is 0 Å². The zero-order valence-corrected chi connectivity index (χ0v) is 6.82. The van der Waals surface area contributed by atoms with Crippen LogP contribution in [0.5, 0.6) is 0 Å². The monoisotopic (exact) mass is 159 g/mol. The Morgan fingerprint density at radius 2 is 2.08 bits per heavy atom. The maximum atomic E-state index is 11.4. The Hall–Kier alpha value is -1.57. The van der Waals surface area contributed by atoms with Crippen LogP contribution in [-0.2, 0) is 0 Å². The van der Waals surface area contributed by atoms with Crippen molar-refractivity contribution in [3.63, 3.8) is 0 Å². The summed E-state index contributed by atoms with van der Waals surface area (Å²) in [6.07, 6.45) is 1.77. The van der Waals surface area contributed by atoms with Gasteiger partial charge in [0, 0.05) is 17.8 Å². The molecular formula is C10H9NO. The summed E-state index contributed by atoms with van der Waals surface area (Å²) < 4.78 is 1.63. The van der Waals surface area contributed by atoms with Gasteiger partial charge in [0.05, 0.1) is 0 Å². The molecule has 0 fully saturated rings. The fourth-order valence-electron chi connectivity index (χ4n) is 1.31. The van der Waals surface area contributed by atoms with Crippen LogP contribution in [0.2, 0.25) is 0 Å². The van der Waals surface area contributed by atoms with Gasteiger partial charge >= 0.3 is 0 Å². The third kappa shape index (κ3) is 1.01. The molecule has 0 saturated carbocycles. The summed E-state index contributed by atoms with van der Waals surface area (Å²) in [5.41, 5.74) is 1.99. The van der Waals surface area contributed by atoms with E-state index < -0.39 is 0 Å². The maximum absolute atomic E-state index is 11.4. The van der Waals surface area contributed by atoms with Crippen LogP contribution in [0, 0.1) is 6.92 Å². The lowest BCUT2D eigenvalue weighted by Gasteiger charge is -1.99. The van der Waals surface area contributed by atoms with Crippen LogP contribution >= 0.6 is 0 Å². The molecule has 60 valence electrons. The minimum Gasteiger partial charge on any atom is -0.284 e. The van der Waals surface area contributed by atoms with Gasteiger partial charge in [-0.15, -0.1) is 0 Å². The van der Waals surface area contributed by atoms with Crippen molar-refractivity contribution in [1.29, 1.82) is 0 Å². The van der Waals surface area contributed by atoms with Crippen LogP contribution < -0.4 is 5.56 Å². The molecule has 2 heteroatoms. The zero-order chi connectivity index (χ0) is 8.55. The largest absolute Gasteiger partial charge is 0.284 e. The van der Waals surface area contributed by atoms with Gasteiger partial charge in [0.15, 0.2) is 0 Å². The third-order valence-corrected chi connectivity index (χ3v) is 1.86. The summed E-state index contributed by atoms with van der Waals surface area (Å²) in [6, 6.07) is 9.32. The first-order chi connectivity index (χ1) is 5.77. The molecule has 0 aliphatic heterocycles. The summed E-state index contributed by atoms with van der Waals surface area (Å²) in [5, 5.41) is 0. The minimum atomic E-state index is 0.0330. The van der Waals surface area contributed by atoms with E-state index in [9.17, 15) is 4.79 Å². The van der Waals surface area contributed by atoms with Crippen LogP contribution in [0.4, 0.5) is 0 Å². The Balaban J connectivity index is 2.99. The average molecular weight is 159 g/mol. The molecule has 2 aromatic rings. The van der Waals surface area contributed by atoms with E-state index in [0.717, 1.165) is 11.1 Å². The molecule has 2 heterocycles. The highest BCUT2D eigenvalue weighted by Crippen LogP contribution is 2.01. The number of fused-ring (bicyclic) bond motifs is 1. The fourth-order valence-corrected chi connectivity index (χ4v) is 1.31. The molecule has 0 bridgehead atoms. The number of hydrogen-bond donors (Lipinski definition) is 0. The summed E-state index contributed by atoms with van der Waals surface area (Å²) in [6.45, 7) is 1.92. The summed E-state index contributed by atoms with van der Waals surface area (Å²) in [5.74, 6) is 0. The molecule has 0 radical (unpaired) electrons. The Kier molecular flexibility index (Phi) is 1.47. The lowest BCUT2D eigenvalue weighted by atomic mass is 10.2. The van der Waals surface area contributed by atoms with Crippen LogP contribution in [0.1, 0.15) is 5.56 Å². The molecule has 2 nitrogen and oxygen atoms in total. The van der Waals surface area contributed by atoms with Gasteiger partial charge in [-0.1, -0.05) is 6.07 Å². The Bertz CT molecular complexity index is 470. The number of pyridine rings is 2. The van der Waals surface area contributed by atoms with Crippen molar-refractivity contribution in [3.05, 3.63) is 52.4 Å². The smallest absolute Gasteiger partial charge is 0.255 e. The summed E-state index contributed by atoms with van der Waals surface area (Å²) in [7, 11) is 0. The average Bonchev–Trinajstić information content (AvgIpc) is 2.04. The van der Waals surface area contributed by atoms with E-state index in [0.29, 0.717) is 0 Å². The SMILES string of the molecule is Cc1cc(=O)n2ccccc2c1. The predicted molar refractivity (Wildman–Crippen MR) is 48.4 cm³/mol. The first-order valence-corrected chi connectivity index (χ1v) is 3.85. The highest BCUT2D eigenvalue weighted by molar-refractivity contribution is 5.47. The van der Waals surface area contributed by atoms with Crippen molar-refractivity contribution in [1.82, 2.24) is 4.40 Å². The molecule has 0 aromatic carbocycles. The van der Waals surface area contributed by atoms with Crippen LogP contribution in [0.3, 0.4) is 0 Å². The molecule has 0 N–H and O–H groups in total. The molecule has 0 saturated heterocycles. The van der Waals surface area contributed by atoms with Gasteiger partial charge in [0.25, 0.3) is 5.56 Å². The summed E-state index contributed by atoms with van der Waals surface area (Å²) >= 11 is 0. The first-order valence-electron chi connectivity index (χ1n) is 3.85. The normalized spacial score (nSPS) is 10.4. The first kappa shape index (κ1) is 7.10. The van der Waals surface area contributed by atoms with Crippen LogP contribution in [0.25, 0.3) is 5.52 Å². The van der Waals surface area contributed by atoms with Crippen molar-refractivity contribution < 1.29 is 0 Å². The second-order valence-electron chi connectivity index (χ2n) is 2.87. The van der Waals surface area contributed by atoms with E-state index >= 15 is 0 Å². The lowest BCUT2D eigenvalue weighted by molar-refractivity contribution is 1.08. The maximum Gasteiger partial charge on any atom is 0.255 e. The second kappa shape index (κ2) is 2.48. The second-order valence-corrected chi connectivity index (χ2v) is 2.87. The van der Waals surface area contributed by atoms with Gasteiger partial charge in [-0.25, -0.2) is 0 Å². The van der Waals surface area contributed by atoms with Crippen molar-refractivity contribution in [3.8, 4) is 0 Å². The van der Waals surface area contributed by atoms with Gasteiger partial charge < -0.3 is 0 Å². The molecule has 2 aromatic heterocycles. The fraction of sp³-hybridized carbons (Fsp3) is 0.100. The standard InChI is InChI=1S/C10H9NO/c1-8-6-9-4-2-3-5-11(9)10(12)7-8/h2-7H,1H3. The van der Waals surface area contributed by atoms with Crippen LogP contribution in [0.15, 0.2) is 41.3 Å². The molecule has 12 heavy (non-hydrogen) atoms. The number of hydrogen-bond acceptors (Lipinski definition) is 1. The van der Waals surface area contributed by atoms with E-state index in [1.807, 2.05) is 31.2 Å². The van der Waals surface area contributed by atoms with Crippen molar-refractivity contribution in [2.75, 3.05) is 0 Å². The molecule has 0 atom stereocenters. The Morgan fingerprint density at radius 1 is 1.25 bits per heavy atom. The molecular weight excluding hydrogens is 150 g/mol. The van der Waals surface area contributed by atoms with Crippen LogP contribution in [-0.4, -0.2) is 4.40 Å². The molecule has 0 aliphatic rings. The molecule has 0 aliphatic carbocycles. The number of aryl methyl sites for hydroxylation is 1. The van der Waals surface area contributed by atoms with Gasteiger partial charge in [-0.2, -0.15) is 0 Å². The number of rotatable bonds is 0.